The summed E-state index contributed by atoms with van der Waals surface area (Å²) in [6.45, 7) is 0. The number of alkyl halides is 1. The maximum atomic E-state index is 14.4. The Kier molecular flexibility index (Phi) is 7.84. The second kappa shape index (κ2) is 11.0. The number of halogens is 2. The number of rotatable bonds is 7. The summed E-state index contributed by atoms with van der Waals surface area (Å²) in [5.41, 5.74) is 0.703. The molecule has 2 aliphatic carbocycles. The second-order valence-electron chi connectivity index (χ2n) is 8.53. The Labute approximate surface area is 193 Å². The molecule has 0 saturated heterocycles. The fourth-order valence-corrected chi connectivity index (χ4v) is 4.59. The minimum absolute atomic E-state index is 0.132. The van der Waals surface area contributed by atoms with Crippen molar-refractivity contribution in [2.75, 3.05) is 17.7 Å². The summed E-state index contributed by atoms with van der Waals surface area (Å²) < 4.78 is 25.5. The number of aromatic nitrogens is 3. The van der Waals surface area contributed by atoms with E-state index in [-0.39, 0.29) is 6.01 Å². The first-order chi connectivity index (χ1) is 15.6. The van der Waals surface area contributed by atoms with E-state index in [4.69, 9.17) is 21.1 Å². The van der Waals surface area contributed by atoms with Crippen LogP contribution in [0.3, 0.4) is 0 Å². The number of nitrogens with zero attached hydrogens (tertiary/aromatic N) is 3. The van der Waals surface area contributed by atoms with E-state index in [1.54, 1.807) is 19.2 Å². The summed E-state index contributed by atoms with van der Waals surface area (Å²) in [6, 6.07) is 5.77. The SMILES string of the molecule is COc1ccc(Nc2nc(NC3CCCCCC3)nc(OC3CCCCC3F)n2)cc1Cl. The van der Waals surface area contributed by atoms with Crippen LogP contribution in [-0.2, 0) is 0 Å². The second-order valence-corrected chi connectivity index (χ2v) is 8.94. The minimum atomic E-state index is -1.00. The number of methoxy groups -OCH3 is 1. The number of hydrogen-bond donors (Lipinski definition) is 2. The van der Waals surface area contributed by atoms with E-state index in [2.05, 4.69) is 25.6 Å². The van der Waals surface area contributed by atoms with Gasteiger partial charge in [0.15, 0.2) is 0 Å². The zero-order chi connectivity index (χ0) is 22.3. The molecule has 2 atom stereocenters. The molecule has 1 aromatic heterocycles. The fourth-order valence-electron chi connectivity index (χ4n) is 4.33. The Morgan fingerprint density at radius 1 is 0.938 bits per heavy atom. The van der Waals surface area contributed by atoms with Crippen LogP contribution in [0.25, 0.3) is 0 Å². The summed E-state index contributed by atoms with van der Waals surface area (Å²) in [4.78, 5) is 13.4. The molecule has 2 aliphatic rings. The molecule has 0 bridgehead atoms. The molecule has 0 amide bonds. The summed E-state index contributed by atoms with van der Waals surface area (Å²) in [6.07, 6.45) is 8.52. The van der Waals surface area contributed by atoms with Gasteiger partial charge in [-0.25, -0.2) is 4.39 Å². The standard InChI is InChI=1S/C23H31ClFN5O2/c1-31-19-13-12-16(14-17(19)24)27-22-28-21(26-15-8-4-2-3-5-9-15)29-23(30-22)32-20-11-7-6-10-18(20)25/h12-15,18,20H,2-11H2,1H3,(H2,26,27,28,29,30). The fraction of sp³-hybridized carbons (Fsp3) is 0.609. The zero-order valence-electron chi connectivity index (χ0n) is 18.4. The van der Waals surface area contributed by atoms with Crippen molar-refractivity contribution in [2.45, 2.75) is 82.5 Å². The summed E-state index contributed by atoms with van der Waals surface area (Å²) >= 11 is 6.25. The third kappa shape index (κ3) is 6.12. The first-order valence-corrected chi connectivity index (χ1v) is 11.9. The van der Waals surface area contributed by atoms with Gasteiger partial charge in [0.05, 0.1) is 12.1 Å². The lowest BCUT2D eigenvalue weighted by Gasteiger charge is -2.26. The predicted octanol–water partition coefficient (Wildman–Crippen LogP) is 6.07. The smallest absolute Gasteiger partial charge is 0.323 e. The molecule has 7 nitrogen and oxygen atoms in total. The van der Waals surface area contributed by atoms with Gasteiger partial charge in [-0.05, 0) is 50.3 Å². The van der Waals surface area contributed by atoms with Gasteiger partial charge in [-0.3, -0.25) is 0 Å². The van der Waals surface area contributed by atoms with Gasteiger partial charge in [0, 0.05) is 11.7 Å². The molecule has 4 rings (SSSR count). The molecule has 9 heteroatoms. The van der Waals surface area contributed by atoms with Crippen molar-refractivity contribution in [3.05, 3.63) is 23.2 Å². The van der Waals surface area contributed by atoms with E-state index in [0.29, 0.717) is 47.2 Å². The molecule has 0 spiro atoms. The molecule has 0 aliphatic heterocycles. The number of hydrogen-bond acceptors (Lipinski definition) is 7. The normalized spacial score (nSPS) is 22.1. The van der Waals surface area contributed by atoms with E-state index in [9.17, 15) is 4.39 Å². The third-order valence-corrected chi connectivity index (χ3v) is 6.39. The van der Waals surface area contributed by atoms with Crippen molar-refractivity contribution in [3.63, 3.8) is 0 Å². The molecule has 2 unspecified atom stereocenters. The molecule has 1 heterocycles. The van der Waals surface area contributed by atoms with Crippen LogP contribution >= 0.6 is 11.6 Å². The molecule has 0 radical (unpaired) electrons. The largest absolute Gasteiger partial charge is 0.495 e. The van der Waals surface area contributed by atoms with Crippen LogP contribution in [0.1, 0.15) is 64.2 Å². The molecule has 2 aromatic rings. The molecular formula is C23H31ClFN5O2. The minimum Gasteiger partial charge on any atom is -0.495 e. The lowest BCUT2D eigenvalue weighted by Crippen LogP contribution is -2.32. The predicted molar refractivity (Wildman–Crippen MR) is 124 cm³/mol. The Balaban J connectivity index is 1.56. The zero-order valence-corrected chi connectivity index (χ0v) is 19.2. The molecule has 1 aromatic carbocycles. The average molecular weight is 464 g/mol. The molecular weight excluding hydrogens is 433 g/mol. The van der Waals surface area contributed by atoms with Gasteiger partial charge in [0.1, 0.15) is 18.0 Å². The highest BCUT2D eigenvalue weighted by molar-refractivity contribution is 6.32. The van der Waals surface area contributed by atoms with Crippen LogP contribution in [0.15, 0.2) is 18.2 Å². The highest BCUT2D eigenvalue weighted by Gasteiger charge is 2.28. The Hall–Kier alpha value is -2.35. The Bertz CT molecular complexity index is 895. The highest BCUT2D eigenvalue weighted by atomic mass is 35.5. The average Bonchev–Trinajstić information content (AvgIpc) is 3.04. The molecule has 32 heavy (non-hydrogen) atoms. The molecule has 2 saturated carbocycles. The summed E-state index contributed by atoms with van der Waals surface area (Å²) in [5, 5.41) is 7.08. The van der Waals surface area contributed by atoms with Crippen LogP contribution in [-0.4, -0.2) is 40.4 Å². The monoisotopic (exact) mass is 463 g/mol. The van der Waals surface area contributed by atoms with Gasteiger partial charge in [-0.15, -0.1) is 0 Å². The van der Waals surface area contributed by atoms with Gasteiger partial charge in [0.2, 0.25) is 11.9 Å². The first kappa shape index (κ1) is 22.8. The molecule has 2 N–H and O–H groups in total. The summed E-state index contributed by atoms with van der Waals surface area (Å²) in [5.74, 6) is 1.34. The maximum absolute atomic E-state index is 14.4. The lowest BCUT2D eigenvalue weighted by atomic mass is 9.96. The number of benzene rings is 1. The van der Waals surface area contributed by atoms with Crippen LogP contribution in [0.5, 0.6) is 11.8 Å². The van der Waals surface area contributed by atoms with Crippen molar-refractivity contribution < 1.29 is 13.9 Å². The summed E-state index contributed by atoms with van der Waals surface area (Å²) in [7, 11) is 1.57. The van der Waals surface area contributed by atoms with Gasteiger partial charge in [-0.2, -0.15) is 15.0 Å². The van der Waals surface area contributed by atoms with E-state index in [0.717, 1.165) is 25.7 Å². The van der Waals surface area contributed by atoms with Gasteiger partial charge < -0.3 is 20.1 Å². The van der Waals surface area contributed by atoms with Crippen LogP contribution in [0, 0.1) is 0 Å². The van der Waals surface area contributed by atoms with Gasteiger partial charge in [-0.1, -0.05) is 43.7 Å². The lowest BCUT2D eigenvalue weighted by molar-refractivity contribution is 0.0563. The van der Waals surface area contributed by atoms with Gasteiger partial charge in [0.25, 0.3) is 0 Å². The van der Waals surface area contributed by atoms with Crippen molar-refractivity contribution in [2.24, 2.45) is 0 Å². The quantitative estimate of drug-likeness (QED) is 0.482. The van der Waals surface area contributed by atoms with Gasteiger partial charge >= 0.3 is 6.01 Å². The van der Waals surface area contributed by atoms with E-state index in [1.807, 2.05) is 6.07 Å². The van der Waals surface area contributed by atoms with Crippen molar-refractivity contribution in [1.82, 2.24) is 15.0 Å². The van der Waals surface area contributed by atoms with Crippen LogP contribution in [0.2, 0.25) is 5.02 Å². The first-order valence-electron chi connectivity index (χ1n) is 11.5. The topological polar surface area (TPSA) is 81.2 Å². The van der Waals surface area contributed by atoms with Crippen molar-refractivity contribution in [1.29, 1.82) is 0 Å². The number of nitrogens with one attached hydrogen (secondary N) is 2. The number of anilines is 3. The highest BCUT2D eigenvalue weighted by Crippen LogP contribution is 2.30. The van der Waals surface area contributed by atoms with E-state index in [1.165, 1.54) is 25.7 Å². The third-order valence-electron chi connectivity index (χ3n) is 6.09. The van der Waals surface area contributed by atoms with Crippen molar-refractivity contribution >= 4 is 29.2 Å². The van der Waals surface area contributed by atoms with Crippen LogP contribution in [0.4, 0.5) is 22.0 Å². The van der Waals surface area contributed by atoms with E-state index >= 15 is 0 Å². The number of ether oxygens (including phenoxy) is 2. The Morgan fingerprint density at radius 3 is 2.38 bits per heavy atom. The Morgan fingerprint density at radius 2 is 1.66 bits per heavy atom. The maximum Gasteiger partial charge on any atom is 0.323 e. The molecule has 2 fully saturated rings. The van der Waals surface area contributed by atoms with E-state index < -0.39 is 12.3 Å². The molecule has 174 valence electrons. The van der Waals surface area contributed by atoms with Crippen molar-refractivity contribution in [3.8, 4) is 11.8 Å². The van der Waals surface area contributed by atoms with Crippen LogP contribution < -0.4 is 20.1 Å².